The molecule has 0 spiro atoms. The summed E-state index contributed by atoms with van der Waals surface area (Å²) in [6.07, 6.45) is 3.89. The Morgan fingerprint density at radius 1 is 1.23 bits per heavy atom. The van der Waals surface area contributed by atoms with E-state index in [4.69, 9.17) is 14.1 Å². The summed E-state index contributed by atoms with van der Waals surface area (Å²) in [5.74, 6) is 1.84. The van der Waals surface area contributed by atoms with Crippen molar-refractivity contribution in [3.8, 4) is 0 Å². The molecule has 2 fully saturated rings. The minimum atomic E-state index is -0.242. The van der Waals surface area contributed by atoms with Crippen molar-refractivity contribution in [2.75, 3.05) is 37.7 Å². The monoisotopic (exact) mass is 356 g/mol. The molecule has 0 saturated carbocycles. The van der Waals surface area contributed by atoms with Crippen LogP contribution in [0, 0.1) is 13.8 Å². The molecule has 7 nitrogen and oxygen atoms in total. The number of aromatic nitrogens is 2. The Bertz CT molecular complexity index is 798. The van der Waals surface area contributed by atoms with Crippen LogP contribution in [0.15, 0.2) is 22.7 Å². The van der Waals surface area contributed by atoms with Gasteiger partial charge < -0.3 is 19.0 Å². The average molecular weight is 356 g/mol. The molecular weight excluding hydrogens is 332 g/mol. The number of aryl methyl sites for hydroxylation is 2. The molecule has 1 amide bonds. The topological polar surface area (TPSA) is 71.7 Å². The van der Waals surface area contributed by atoms with Gasteiger partial charge in [-0.1, -0.05) is 0 Å². The standard InChI is InChI=1S/C19H24N4O3/c1-13-11-14(2)26-17(13)18(24)23-9-10-25-16(12-23)15-5-6-20-19(21-15)22-7-3-4-8-22/h5-6,11,16H,3-4,7-10,12H2,1-2H3/t16-/m1/s1. The maximum atomic E-state index is 12.8. The van der Waals surface area contributed by atoms with Crippen LogP contribution >= 0.6 is 0 Å². The summed E-state index contributed by atoms with van der Waals surface area (Å²) in [4.78, 5) is 25.9. The zero-order valence-electron chi connectivity index (χ0n) is 15.3. The van der Waals surface area contributed by atoms with E-state index in [1.807, 2.05) is 26.0 Å². The fourth-order valence-electron chi connectivity index (χ4n) is 3.62. The van der Waals surface area contributed by atoms with Gasteiger partial charge in [0.05, 0.1) is 18.8 Å². The van der Waals surface area contributed by atoms with Crippen LogP contribution in [0.25, 0.3) is 0 Å². The molecule has 2 aromatic rings. The minimum absolute atomic E-state index is 0.0854. The van der Waals surface area contributed by atoms with E-state index in [2.05, 4.69) is 9.88 Å². The SMILES string of the molecule is Cc1cc(C)c(C(=O)N2CCO[C@@H](c3ccnc(N4CCCC4)n3)C2)o1. The van der Waals surface area contributed by atoms with Crippen LogP contribution in [0.1, 0.15) is 46.5 Å². The number of furan rings is 1. The quantitative estimate of drug-likeness (QED) is 0.841. The van der Waals surface area contributed by atoms with Crippen LogP contribution in [0.4, 0.5) is 5.95 Å². The van der Waals surface area contributed by atoms with Crippen molar-refractivity contribution in [2.45, 2.75) is 32.8 Å². The third-order valence-corrected chi connectivity index (χ3v) is 4.97. The van der Waals surface area contributed by atoms with Crippen LogP contribution in [0.3, 0.4) is 0 Å². The lowest BCUT2D eigenvalue weighted by atomic mass is 10.1. The lowest BCUT2D eigenvalue weighted by Gasteiger charge is -2.32. The highest BCUT2D eigenvalue weighted by molar-refractivity contribution is 5.93. The van der Waals surface area contributed by atoms with Gasteiger partial charge in [-0.2, -0.15) is 0 Å². The van der Waals surface area contributed by atoms with Crippen LogP contribution in [-0.4, -0.2) is 53.6 Å². The molecule has 0 bridgehead atoms. The summed E-state index contributed by atoms with van der Waals surface area (Å²) < 4.78 is 11.5. The first kappa shape index (κ1) is 17.0. The largest absolute Gasteiger partial charge is 0.456 e. The zero-order valence-corrected chi connectivity index (χ0v) is 15.3. The Morgan fingerprint density at radius 2 is 2.04 bits per heavy atom. The molecule has 0 N–H and O–H groups in total. The number of hydrogen-bond donors (Lipinski definition) is 0. The number of morpholine rings is 1. The lowest BCUT2D eigenvalue weighted by molar-refractivity contribution is -0.0257. The van der Waals surface area contributed by atoms with Crippen LogP contribution < -0.4 is 4.90 Å². The molecule has 0 radical (unpaired) electrons. The molecular formula is C19H24N4O3. The molecule has 2 aliphatic heterocycles. The van der Waals surface area contributed by atoms with Crippen molar-refractivity contribution in [1.29, 1.82) is 0 Å². The highest BCUT2D eigenvalue weighted by Gasteiger charge is 2.30. The van der Waals surface area contributed by atoms with Crippen LogP contribution in [0.2, 0.25) is 0 Å². The molecule has 0 unspecified atom stereocenters. The van der Waals surface area contributed by atoms with E-state index >= 15 is 0 Å². The second-order valence-electron chi connectivity index (χ2n) is 6.96. The maximum Gasteiger partial charge on any atom is 0.290 e. The van der Waals surface area contributed by atoms with Gasteiger partial charge in [-0.3, -0.25) is 4.79 Å². The van der Waals surface area contributed by atoms with Crippen LogP contribution in [0.5, 0.6) is 0 Å². The van der Waals surface area contributed by atoms with Crippen molar-refractivity contribution in [2.24, 2.45) is 0 Å². The molecule has 26 heavy (non-hydrogen) atoms. The van der Waals surface area contributed by atoms with Gasteiger partial charge in [0.1, 0.15) is 11.9 Å². The van der Waals surface area contributed by atoms with E-state index in [0.29, 0.717) is 25.5 Å². The third kappa shape index (κ3) is 3.31. The first-order chi connectivity index (χ1) is 12.6. The van der Waals surface area contributed by atoms with E-state index < -0.39 is 0 Å². The first-order valence-electron chi connectivity index (χ1n) is 9.17. The van der Waals surface area contributed by atoms with E-state index in [1.54, 1.807) is 11.1 Å². The number of nitrogens with zero attached hydrogens (tertiary/aromatic N) is 4. The molecule has 138 valence electrons. The maximum absolute atomic E-state index is 12.8. The van der Waals surface area contributed by atoms with E-state index in [9.17, 15) is 4.79 Å². The highest BCUT2D eigenvalue weighted by Crippen LogP contribution is 2.25. The number of rotatable bonds is 3. The van der Waals surface area contributed by atoms with Crippen molar-refractivity contribution < 1.29 is 13.9 Å². The fraction of sp³-hybridized carbons (Fsp3) is 0.526. The predicted octanol–water partition coefficient (Wildman–Crippen LogP) is 2.50. The molecule has 2 aliphatic rings. The van der Waals surface area contributed by atoms with Gasteiger partial charge in [-0.25, -0.2) is 9.97 Å². The molecule has 4 heterocycles. The summed E-state index contributed by atoms with van der Waals surface area (Å²) in [6, 6.07) is 3.76. The summed E-state index contributed by atoms with van der Waals surface area (Å²) in [5, 5.41) is 0. The highest BCUT2D eigenvalue weighted by atomic mass is 16.5. The van der Waals surface area contributed by atoms with Gasteiger partial charge in [0, 0.05) is 31.4 Å². The van der Waals surface area contributed by atoms with Crippen molar-refractivity contribution >= 4 is 11.9 Å². The molecule has 4 rings (SSSR count). The Balaban J connectivity index is 1.51. The smallest absolute Gasteiger partial charge is 0.290 e. The Morgan fingerprint density at radius 3 is 2.77 bits per heavy atom. The number of carbonyl (C=O) groups is 1. The normalized spacial score (nSPS) is 20.6. The van der Waals surface area contributed by atoms with E-state index in [0.717, 1.165) is 36.1 Å². The first-order valence-corrected chi connectivity index (χ1v) is 9.17. The molecule has 0 aliphatic carbocycles. The summed E-state index contributed by atoms with van der Waals surface area (Å²) in [7, 11) is 0. The Hall–Kier alpha value is -2.41. The summed E-state index contributed by atoms with van der Waals surface area (Å²) in [6.45, 7) is 7.25. The second kappa shape index (κ2) is 7.07. The van der Waals surface area contributed by atoms with Crippen molar-refractivity contribution in [3.63, 3.8) is 0 Å². The number of carbonyl (C=O) groups excluding carboxylic acids is 1. The minimum Gasteiger partial charge on any atom is -0.456 e. The number of ether oxygens (including phenoxy) is 1. The number of hydrogen-bond acceptors (Lipinski definition) is 6. The second-order valence-corrected chi connectivity index (χ2v) is 6.96. The zero-order chi connectivity index (χ0) is 18.1. The van der Waals surface area contributed by atoms with Crippen LogP contribution in [-0.2, 0) is 4.74 Å². The number of anilines is 1. The van der Waals surface area contributed by atoms with E-state index in [-0.39, 0.29) is 12.0 Å². The molecule has 0 aromatic carbocycles. The molecule has 1 atom stereocenters. The van der Waals surface area contributed by atoms with E-state index in [1.165, 1.54) is 12.8 Å². The lowest BCUT2D eigenvalue weighted by Crippen LogP contribution is -2.42. The Labute approximate surface area is 153 Å². The van der Waals surface area contributed by atoms with Gasteiger partial charge in [0.2, 0.25) is 5.95 Å². The number of amides is 1. The fourth-order valence-corrected chi connectivity index (χ4v) is 3.62. The molecule has 7 heteroatoms. The third-order valence-electron chi connectivity index (χ3n) is 4.97. The van der Waals surface area contributed by atoms with Gasteiger partial charge in [-0.05, 0) is 38.8 Å². The average Bonchev–Trinajstić information content (AvgIpc) is 3.31. The summed E-state index contributed by atoms with van der Waals surface area (Å²) in [5.41, 5.74) is 1.70. The predicted molar refractivity (Wildman–Crippen MR) is 96.3 cm³/mol. The van der Waals surface area contributed by atoms with Crippen molar-refractivity contribution in [1.82, 2.24) is 14.9 Å². The summed E-state index contributed by atoms with van der Waals surface area (Å²) >= 11 is 0. The molecule has 2 saturated heterocycles. The van der Waals surface area contributed by atoms with Gasteiger partial charge in [0.15, 0.2) is 5.76 Å². The molecule has 2 aromatic heterocycles. The van der Waals surface area contributed by atoms with Gasteiger partial charge in [0.25, 0.3) is 5.91 Å². The van der Waals surface area contributed by atoms with Gasteiger partial charge >= 0.3 is 0 Å². The Kier molecular flexibility index (Phi) is 4.63. The van der Waals surface area contributed by atoms with Crippen molar-refractivity contribution in [3.05, 3.63) is 41.1 Å². The van der Waals surface area contributed by atoms with Gasteiger partial charge in [-0.15, -0.1) is 0 Å².